The fourth-order valence-corrected chi connectivity index (χ4v) is 4.59. The van der Waals surface area contributed by atoms with Crippen LogP contribution in [0.15, 0.2) is 29.4 Å². The molecule has 1 amide bonds. The summed E-state index contributed by atoms with van der Waals surface area (Å²) >= 11 is 1.47. The summed E-state index contributed by atoms with van der Waals surface area (Å²) in [6.07, 6.45) is 4.82. The van der Waals surface area contributed by atoms with Gasteiger partial charge in [-0.2, -0.15) is 0 Å². The smallest absolute Gasteiger partial charge is 0.230 e. The molecule has 1 saturated carbocycles. The molecule has 0 spiro atoms. The Morgan fingerprint density at radius 1 is 1.25 bits per heavy atom. The SMILES string of the molecule is COc1ccc(-c2nnc(SCC(=O)NC(C)C)n2[C@H]2CCCC[C@@H]2C)cc1. The molecule has 1 N–H and O–H groups in total. The minimum Gasteiger partial charge on any atom is -0.497 e. The van der Waals surface area contributed by atoms with Gasteiger partial charge in [-0.25, -0.2) is 0 Å². The monoisotopic (exact) mass is 402 g/mol. The van der Waals surface area contributed by atoms with Crippen LogP contribution in [0.25, 0.3) is 11.4 Å². The molecule has 28 heavy (non-hydrogen) atoms. The van der Waals surface area contributed by atoms with Crippen LogP contribution in [0.1, 0.15) is 52.5 Å². The van der Waals surface area contributed by atoms with E-state index in [4.69, 9.17) is 4.74 Å². The summed E-state index contributed by atoms with van der Waals surface area (Å²) in [5.74, 6) is 2.62. The molecule has 152 valence electrons. The molecular formula is C21H30N4O2S. The number of hydrogen-bond donors (Lipinski definition) is 1. The van der Waals surface area contributed by atoms with E-state index in [1.165, 1.54) is 31.0 Å². The number of aromatic nitrogens is 3. The Labute approximate surface area is 171 Å². The van der Waals surface area contributed by atoms with Crippen molar-refractivity contribution in [2.75, 3.05) is 12.9 Å². The van der Waals surface area contributed by atoms with Gasteiger partial charge in [0.2, 0.25) is 5.91 Å². The van der Waals surface area contributed by atoms with Crippen LogP contribution in [-0.4, -0.2) is 39.6 Å². The Bertz CT molecular complexity index is 788. The molecule has 7 heteroatoms. The van der Waals surface area contributed by atoms with Gasteiger partial charge in [0.25, 0.3) is 0 Å². The van der Waals surface area contributed by atoms with Crippen molar-refractivity contribution in [3.63, 3.8) is 0 Å². The maximum absolute atomic E-state index is 12.1. The minimum atomic E-state index is 0.0252. The quantitative estimate of drug-likeness (QED) is 0.699. The lowest BCUT2D eigenvalue weighted by atomic mass is 9.85. The molecule has 0 aliphatic heterocycles. The number of thioether (sulfide) groups is 1. The second-order valence-corrected chi connectivity index (χ2v) is 8.69. The van der Waals surface area contributed by atoms with Crippen LogP contribution in [0.5, 0.6) is 5.75 Å². The Kier molecular flexibility index (Phi) is 6.99. The van der Waals surface area contributed by atoms with Gasteiger partial charge in [0, 0.05) is 17.6 Å². The zero-order valence-corrected chi connectivity index (χ0v) is 18.0. The van der Waals surface area contributed by atoms with Crippen LogP contribution >= 0.6 is 11.8 Å². The highest BCUT2D eigenvalue weighted by Crippen LogP contribution is 2.39. The number of amides is 1. The third-order valence-electron chi connectivity index (χ3n) is 5.19. The molecule has 1 aliphatic carbocycles. The van der Waals surface area contributed by atoms with Crippen LogP contribution in [0.3, 0.4) is 0 Å². The maximum atomic E-state index is 12.1. The Hall–Kier alpha value is -2.02. The predicted molar refractivity (Wildman–Crippen MR) is 113 cm³/mol. The third kappa shape index (κ3) is 4.87. The molecule has 2 aromatic rings. The largest absolute Gasteiger partial charge is 0.497 e. The lowest BCUT2D eigenvalue weighted by Crippen LogP contribution is -2.31. The first-order chi connectivity index (χ1) is 13.5. The summed E-state index contributed by atoms with van der Waals surface area (Å²) in [6, 6.07) is 8.43. The Morgan fingerprint density at radius 2 is 1.96 bits per heavy atom. The maximum Gasteiger partial charge on any atom is 0.230 e. The number of nitrogens with zero attached hydrogens (tertiary/aromatic N) is 3. The fraction of sp³-hybridized carbons (Fsp3) is 0.571. The summed E-state index contributed by atoms with van der Waals surface area (Å²) in [4.78, 5) is 12.1. The van der Waals surface area contributed by atoms with Gasteiger partial charge >= 0.3 is 0 Å². The van der Waals surface area contributed by atoms with Crippen molar-refractivity contribution in [3.05, 3.63) is 24.3 Å². The highest BCUT2D eigenvalue weighted by molar-refractivity contribution is 7.99. The second-order valence-electron chi connectivity index (χ2n) is 7.74. The van der Waals surface area contributed by atoms with Gasteiger partial charge in [-0.1, -0.05) is 31.5 Å². The van der Waals surface area contributed by atoms with Crippen molar-refractivity contribution in [1.29, 1.82) is 0 Å². The number of ether oxygens (including phenoxy) is 1. The van der Waals surface area contributed by atoms with E-state index in [9.17, 15) is 4.79 Å². The highest BCUT2D eigenvalue weighted by Gasteiger charge is 2.29. The van der Waals surface area contributed by atoms with Gasteiger partial charge in [-0.15, -0.1) is 10.2 Å². The molecule has 0 unspecified atom stereocenters. The first-order valence-corrected chi connectivity index (χ1v) is 11.0. The standard InChI is InChI=1S/C21H30N4O2S/c1-14(2)22-19(26)13-28-21-24-23-20(16-9-11-17(27-4)12-10-16)25(21)18-8-6-5-7-15(18)3/h9-12,14-15,18H,5-8,13H2,1-4H3,(H,22,26)/t15-,18-/m0/s1. The van der Waals surface area contributed by atoms with Gasteiger partial charge in [-0.05, 0) is 56.9 Å². The van der Waals surface area contributed by atoms with E-state index >= 15 is 0 Å². The van der Waals surface area contributed by atoms with E-state index in [0.717, 1.165) is 28.7 Å². The minimum absolute atomic E-state index is 0.0252. The molecule has 0 radical (unpaired) electrons. The van der Waals surface area contributed by atoms with Crippen LogP contribution in [-0.2, 0) is 4.79 Å². The van der Waals surface area contributed by atoms with Crippen molar-refractivity contribution in [2.24, 2.45) is 5.92 Å². The highest BCUT2D eigenvalue weighted by atomic mass is 32.2. The summed E-state index contributed by atoms with van der Waals surface area (Å²) in [5, 5.41) is 12.7. The molecule has 1 aromatic heterocycles. The molecule has 0 bridgehead atoms. The van der Waals surface area contributed by atoms with Crippen LogP contribution in [0.4, 0.5) is 0 Å². The van der Waals surface area contributed by atoms with E-state index in [1.54, 1.807) is 7.11 Å². The third-order valence-corrected chi connectivity index (χ3v) is 6.14. The Balaban J connectivity index is 1.90. The summed E-state index contributed by atoms with van der Waals surface area (Å²) in [6.45, 7) is 6.24. The number of benzene rings is 1. The average Bonchev–Trinajstić information content (AvgIpc) is 3.10. The van der Waals surface area contributed by atoms with Crippen LogP contribution in [0.2, 0.25) is 0 Å². The summed E-state index contributed by atoms with van der Waals surface area (Å²) in [5.41, 5.74) is 1.02. The normalized spacial score (nSPS) is 19.6. The van der Waals surface area contributed by atoms with Crippen molar-refractivity contribution in [2.45, 2.75) is 63.7 Å². The first-order valence-electron chi connectivity index (χ1n) is 10.0. The van der Waals surface area contributed by atoms with E-state index in [1.807, 2.05) is 38.1 Å². The number of nitrogens with one attached hydrogen (secondary N) is 1. The fourth-order valence-electron chi connectivity index (χ4n) is 3.79. The molecule has 1 heterocycles. The Morgan fingerprint density at radius 3 is 2.61 bits per heavy atom. The van der Waals surface area contributed by atoms with Gasteiger partial charge in [-0.3, -0.25) is 9.36 Å². The van der Waals surface area contributed by atoms with E-state index < -0.39 is 0 Å². The van der Waals surface area contributed by atoms with Crippen molar-refractivity contribution < 1.29 is 9.53 Å². The van der Waals surface area contributed by atoms with Crippen molar-refractivity contribution >= 4 is 17.7 Å². The zero-order valence-electron chi connectivity index (χ0n) is 17.1. The van der Waals surface area contributed by atoms with E-state index in [0.29, 0.717) is 17.7 Å². The zero-order chi connectivity index (χ0) is 20.1. The van der Waals surface area contributed by atoms with Crippen LogP contribution < -0.4 is 10.1 Å². The van der Waals surface area contributed by atoms with Gasteiger partial charge in [0.1, 0.15) is 5.75 Å². The average molecular weight is 403 g/mol. The lowest BCUT2D eigenvalue weighted by Gasteiger charge is -2.31. The number of hydrogen-bond acceptors (Lipinski definition) is 5. The number of carbonyl (C=O) groups excluding carboxylic acids is 1. The molecular weight excluding hydrogens is 372 g/mol. The molecule has 0 saturated heterocycles. The van der Waals surface area contributed by atoms with Gasteiger partial charge < -0.3 is 10.1 Å². The van der Waals surface area contributed by atoms with Crippen LogP contribution in [0, 0.1) is 5.92 Å². The van der Waals surface area contributed by atoms with Crippen molar-refractivity contribution in [3.8, 4) is 17.1 Å². The second kappa shape index (κ2) is 9.45. The number of carbonyl (C=O) groups is 1. The van der Waals surface area contributed by atoms with Gasteiger partial charge in [0.15, 0.2) is 11.0 Å². The molecule has 1 aromatic carbocycles. The summed E-state index contributed by atoms with van der Waals surface area (Å²) in [7, 11) is 1.66. The predicted octanol–water partition coefficient (Wildman–Crippen LogP) is 4.32. The summed E-state index contributed by atoms with van der Waals surface area (Å²) < 4.78 is 7.54. The van der Waals surface area contributed by atoms with Crippen molar-refractivity contribution in [1.82, 2.24) is 20.1 Å². The molecule has 2 atom stereocenters. The number of methoxy groups -OCH3 is 1. The first kappa shape index (κ1) is 20.7. The molecule has 6 nitrogen and oxygen atoms in total. The molecule has 3 rings (SSSR count). The van der Waals surface area contributed by atoms with Gasteiger partial charge in [0.05, 0.1) is 12.9 Å². The van der Waals surface area contributed by atoms with E-state index in [-0.39, 0.29) is 11.9 Å². The number of rotatable bonds is 7. The lowest BCUT2D eigenvalue weighted by molar-refractivity contribution is -0.119. The molecule has 1 aliphatic rings. The topological polar surface area (TPSA) is 69.0 Å². The molecule has 1 fully saturated rings. The van der Waals surface area contributed by atoms with E-state index in [2.05, 4.69) is 27.0 Å².